The lowest BCUT2D eigenvalue weighted by Crippen LogP contribution is -2.47. The van der Waals surface area contributed by atoms with Gasteiger partial charge in [-0.2, -0.15) is 0 Å². The van der Waals surface area contributed by atoms with E-state index in [1.54, 1.807) is 56.3 Å². The molecular formula is C24H31Cl2N3O5S. The zero-order chi connectivity index (χ0) is 26.2. The van der Waals surface area contributed by atoms with Crippen molar-refractivity contribution < 1.29 is 22.7 Å². The lowest BCUT2D eigenvalue weighted by atomic mass is 10.1. The predicted molar refractivity (Wildman–Crippen MR) is 140 cm³/mol. The first-order valence-corrected chi connectivity index (χ1v) is 13.7. The molecule has 2 aromatic carbocycles. The van der Waals surface area contributed by atoms with Crippen molar-refractivity contribution in [2.24, 2.45) is 0 Å². The van der Waals surface area contributed by atoms with Crippen LogP contribution >= 0.6 is 23.2 Å². The van der Waals surface area contributed by atoms with Crippen molar-refractivity contribution in [2.45, 2.75) is 39.3 Å². The van der Waals surface area contributed by atoms with Crippen LogP contribution in [0.4, 0.5) is 5.69 Å². The number of carbonyl (C=O) groups is 2. The van der Waals surface area contributed by atoms with Gasteiger partial charge in [0.25, 0.3) is 0 Å². The molecule has 0 aromatic heterocycles. The summed E-state index contributed by atoms with van der Waals surface area (Å²) in [6.07, 6.45) is 1.41. The fraction of sp³-hybridized carbons (Fsp3) is 0.417. The molecule has 192 valence electrons. The molecule has 0 heterocycles. The summed E-state index contributed by atoms with van der Waals surface area (Å²) in [7, 11) is -2.05. The molecule has 2 rings (SSSR count). The fourth-order valence-corrected chi connectivity index (χ4v) is 4.92. The van der Waals surface area contributed by atoms with Crippen molar-refractivity contribution in [1.82, 2.24) is 10.2 Å². The number of carbonyl (C=O) groups excluding carboxylic acids is 2. The topological polar surface area (TPSA) is 96.0 Å². The van der Waals surface area contributed by atoms with Gasteiger partial charge >= 0.3 is 0 Å². The number of amides is 2. The number of ether oxygens (including phenoxy) is 1. The molecule has 35 heavy (non-hydrogen) atoms. The third kappa shape index (κ3) is 8.30. The van der Waals surface area contributed by atoms with E-state index in [4.69, 9.17) is 27.9 Å². The normalized spacial score (nSPS) is 12.1. The quantitative estimate of drug-likeness (QED) is 0.434. The first-order valence-electron chi connectivity index (χ1n) is 11.1. The summed E-state index contributed by atoms with van der Waals surface area (Å²) in [5.74, 6) is 0.0214. The Morgan fingerprint density at radius 2 is 1.77 bits per heavy atom. The second kappa shape index (κ2) is 13.0. The first-order chi connectivity index (χ1) is 16.5. The van der Waals surface area contributed by atoms with Crippen LogP contribution in [0.5, 0.6) is 5.75 Å². The molecular weight excluding hydrogens is 513 g/mol. The van der Waals surface area contributed by atoms with Crippen LogP contribution in [0, 0.1) is 0 Å². The maximum Gasteiger partial charge on any atom is 0.242 e. The molecule has 0 aliphatic rings. The van der Waals surface area contributed by atoms with Gasteiger partial charge < -0.3 is 15.0 Å². The van der Waals surface area contributed by atoms with Gasteiger partial charge in [-0.15, -0.1) is 0 Å². The highest BCUT2D eigenvalue weighted by atomic mass is 35.5. The van der Waals surface area contributed by atoms with E-state index in [0.717, 1.165) is 6.26 Å². The van der Waals surface area contributed by atoms with Gasteiger partial charge in [0.05, 0.1) is 19.1 Å². The van der Waals surface area contributed by atoms with Gasteiger partial charge in [0.2, 0.25) is 21.8 Å². The van der Waals surface area contributed by atoms with Crippen molar-refractivity contribution in [3.8, 4) is 5.75 Å². The first kappa shape index (κ1) is 28.7. The SMILES string of the molecule is CCNC(=O)C(C)N(Cc1ccc(Cl)cc1Cl)C(=O)CCCN(c1ccc(OC)cc1)S(C)(=O)=O. The Balaban J connectivity index is 2.18. The summed E-state index contributed by atoms with van der Waals surface area (Å²) < 4.78 is 31.2. The zero-order valence-corrected chi connectivity index (χ0v) is 22.6. The lowest BCUT2D eigenvalue weighted by molar-refractivity contribution is -0.140. The maximum absolute atomic E-state index is 13.2. The Hall–Kier alpha value is -2.49. The Morgan fingerprint density at radius 1 is 1.11 bits per heavy atom. The van der Waals surface area contributed by atoms with Gasteiger partial charge in [-0.25, -0.2) is 8.42 Å². The number of anilines is 1. The van der Waals surface area contributed by atoms with Gasteiger partial charge in [0.1, 0.15) is 11.8 Å². The van der Waals surface area contributed by atoms with Crippen LogP contribution in [-0.2, 0) is 26.2 Å². The number of halogens is 2. The molecule has 0 aliphatic heterocycles. The van der Waals surface area contributed by atoms with E-state index in [1.807, 2.05) is 0 Å². The summed E-state index contributed by atoms with van der Waals surface area (Å²) >= 11 is 12.3. The molecule has 11 heteroatoms. The summed E-state index contributed by atoms with van der Waals surface area (Å²) in [6, 6.07) is 10.8. The van der Waals surface area contributed by atoms with Crippen LogP contribution in [0.1, 0.15) is 32.3 Å². The number of sulfonamides is 1. The highest BCUT2D eigenvalue weighted by molar-refractivity contribution is 7.92. The number of benzene rings is 2. The molecule has 0 aliphatic carbocycles. The van der Waals surface area contributed by atoms with E-state index >= 15 is 0 Å². The van der Waals surface area contributed by atoms with Crippen LogP contribution in [0.15, 0.2) is 42.5 Å². The second-order valence-corrected chi connectivity index (χ2v) is 10.7. The largest absolute Gasteiger partial charge is 0.497 e. The Morgan fingerprint density at radius 3 is 2.31 bits per heavy atom. The predicted octanol–water partition coefficient (Wildman–Crippen LogP) is 4.10. The lowest BCUT2D eigenvalue weighted by Gasteiger charge is -2.29. The number of nitrogens with one attached hydrogen (secondary N) is 1. The smallest absolute Gasteiger partial charge is 0.242 e. The molecule has 1 N–H and O–H groups in total. The molecule has 0 radical (unpaired) electrons. The van der Waals surface area contributed by atoms with E-state index in [-0.39, 0.29) is 37.7 Å². The minimum absolute atomic E-state index is 0.0388. The van der Waals surface area contributed by atoms with Crippen molar-refractivity contribution in [3.63, 3.8) is 0 Å². The molecule has 0 saturated heterocycles. The van der Waals surface area contributed by atoms with Crippen molar-refractivity contribution in [2.75, 3.05) is 30.8 Å². The van der Waals surface area contributed by atoms with Crippen LogP contribution in [0.25, 0.3) is 0 Å². The average Bonchev–Trinajstić information content (AvgIpc) is 2.80. The minimum atomic E-state index is -3.58. The Bertz CT molecular complexity index is 1130. The summed E-state index contributed by atoms with van der Waals surface area (Å²) in [5, 5.41) is 3.59. The van der Waals surface area contributed by atoms with Crippen LogP contribution in [0.2, 0.25) is 10.0 Å². The molecule has 0 bridgehead atoms. The molecule has 2 amide bonds. The van der Waals surface area contributed by atoms with Gasteiger partial charge in [-0.05, 0) is 62.2 Å². The Kier molecular flexibility index (Phi) is 10.7. The highest BCUT2D eigenvalue weighted by Gasteiger charge is 2.27. The minimum Gasteiger partial charge on any atom is -0.497 e. The van der Waals surface area contributed by atoms with E-state index in [2.05, 4.69) is 5.32 Å². The summed E-state index contributed by atoms with van der Waals surface area (Å²) in [5.41, 5.74) is 1.12. The summed E-state index contributed by atoms with van der Waals surface area (Å²) in [6.45, 7) is 4.08. The molecule has 8 nitrogen and oxygen atoms in total. The zero-order valence-electron chi connectivity index (χ0n) is 20.3. The number of nitrogens with zero attached hydrogens (tertiary/aromatic N) is 2. The third-order valence-corrected chi connectivity index (χ3v) is 7.17. The van der Waals surface area contributed by atoms with E-state index in [9.17, 15) is 18.0 Å². The van der Waals surface area contributed by atoms with Gasteiger partial charge in [-0.1, -0.05) is 29.3 Å². The van der Waals surface area contributed by atoms with Crippen molar-refractivity contribution in [3.05, 3.63) is 58.1 Å². The standard InChI is InChI=1S/C24H31Cl2N3O5S/c1-5-27-24(31)17(2)28(16-18-8-9-19(25)15-22(18)26)23(30)7-6-14-29(35(4,32)33)20-10-12-21(34-3)13-11-20/h8-13,15,17H,5-7,14,16H2,1-4H3,(H,27,31). The Labute approximate surface area is 217 Å². The second-order valence-electron chi connectivity index (χ2n) is 7.96. The monoisotopic (exact) mass is 543 g/mol. The van der Waals surface area contributed by atoms with Crippen molar-refractivity contribution >= 4 is 50.7 Å². The maximum atomic E-state index is 13.2. The van der Waals surface area contributed by atoms with Gasteiger partial charge in [0.15, 0.2) is 0 Å². The summed E-state index contributed by atoms with van der Waals surface area (Å²) in [4.78, 5) is 27.2. The van der Waals surface area contributed by atoms with Crippen molar-refractivity contribution in [1.29, 1.82) is 0 Å². The molecule has 2 aromatic rings. The molecule has 1 atom stereocenters. The average molecular weight is 545 g/mol. The number of methoxy groups -OCH3 is 1. The number of likely N-dealkylation sites (N-methyl/N-ethyl adjacent to an activating group) is 1. The molecule has 0 fully saturated rings. The van der Waals surface area contributed by atoms with E-state index < -0.39 is 16.1 Å². The van der Waals surface area contributed by atoms with Gasteiger partial charge in [0, 0.05) is 36.1 Å². The van der Waals surface area contributed by atoms with Crippen LogP contribution in [-0.4, -0.2) is 57.6 Å². The van der Waals surface area contributed by atoms with E-state index in [1.165, 1.54) is 16.3 Å². The van der Waals surface area contributed by atoms with Gasteiger partial charge in [-0.3, -0.25) is 13.9 Å². The van der Waals surface area contributed by atoms with Crippen LogP contribution in [0.3, 0.4) is 0 Å². The number of rotatable bonds is 12. The fourth-order valence-electron chi connectivity index (χ4n) is 3.49. The number of hydrogen-bond donors (Lipinski definition) is 1. The molecule has 1 unspecified atom stereocenters. The highest BCUT2D eigenvalue weighted by Crippen LogP contribution is 2.25. The molecule has 0 saturated carbocycles. The van der Waals surface area contributed by atoms with E-state index in [0.29, 0.717) is 33.6 Å². The van der Waals surface area contributed by atoms with Crippen LogP contribution < -0.4 is 14.4 Å². The third-order valence-electron chi connectivity index (χ3n) is 5.39. The number of hydrogen-bond acceptors (Lipinski definition) is 5. The molecule has 0 spiro atoms.